The number of ether oxygens (including phenoxy) is 2. The van der Waals surface area contributed by atoms with Gasteiger partial charge in [-0.15, -0.1) is 0 Å². The van der Waals surface area contributed by atoms with Crippen molar-refractivity contribution in [1.82, 2.24) is 5.32 Å². The van der Waals surface area contributed by atoms with Gasteiger partial charge < -0.3 is 14.8 Å². The van der Waals surface area contributed by atoms with Crippen molar-refractivity contribution in [3.63, 3.8) is 0 Å². The first-order chi connectivity index (χ1) is 8.26. The zero-order chi connectivity index (χ0) is 12.9. The molecule has 5 nitrogen and oxygen atoms in total. The van der Waals surface area contributed by atoms with E-state index < -0.39 is 5.97 Å². The topological polar surface area (TPSA) is 71.4 Å². The van der Waals surface area contributed by atoms with E-state index in [4.69, 9.17) is 14.7 Å². The lowest BCUT2D eigenvalue weighted by atomic mass is 10.3. The molecule has 0 fully saturated rings. The van der Waals surface area contributed by atoms with Crippen molar-refractivity contribution < 1.29 is 14.3 Å². The Kier molecular flexibility index (Phi) is 9.97. The Morgan fingerprint density at radius 1 is 1.41 bits per heavy atom. The molecular weight excluding hydrogens is 220 g/mol. The number of hydrogen-bond donors (Lipinski definition) is 1. The molecule has 0 aliphatic carbocycles. The number of carbonyl (C=O) groups excluding carboxylic acids is 1. The molecule has 5 heteroatoms. The second kappa shape index (κ2) is 11.0. The van der Waals surface area contributed by atoms with Crippen LogP contribution in [0.15, 0.2) is 11.8 Å². The molecule has 0 aliphatic rings. The lowest BCUT2D eigenvalue weighted by Crippen LogP contribution is -2.15. The Morgan fingerprint density at radius 3 is 2.76 bits per heavy atom. The van der Waals surface area contributed by atoms with Crippen molar-refractivity contribution in [2.45, 2.75) is 26.7 Å². The SMILES string of the molecule is CCCCNC=C(C#N)C(=O)OCCOCC. The van der Waals surface area contributed by atoms with Crippen LogP contribution in [0.4, 0.5) is 0 Å². The summed E-state index contributed by atoms with van der Waals surface area (Å²) in [6.45, 7) is 5.77. The van der Waals surface area contributed by atoms with Gasteiger partial charge in [-0.25, -0.2) is 4.79 Å². The number of carbonyl (C=O) groups is 1. The fourth-order valence-electron chi connectivity index (χ4n) is 1.01. The van der Waals surface area contributed by atoms with Gasteiger partial charge in [-0.3, -0.25) is 0 Å². The van der Waals surface area contributed by atoms with Crippen molar-refractivity contribution in [3.8, 4) is 6.07 Å². The third kappa shape index (κ3) is 8.29. The molecule has 0 amide bonds. The fourth-order valence-corrected chi connectivity index (χ4v) is 1.01. The van der Waals surface area contributed by atoms with Crippen LogP contribution in [0.1, 0.15) is 26.7 Å². The van der Waals surface area contributed by atoms with Gasteiger partial charge in [0.2, 0.25) is 0 Å². The van der Waals surface area contributed by atoms with Crippen LogP contribution in [0.2, 0.25) is 0 Å². The highest BCUT2D eigenvalue weighted by atomic mass is 16.6. The van der Waals surface area contributed by atoms with Gasteiger partial charge in [-0.1, -0.05) is 13.3 Å². The first kappa shape index (κ1) is 15.5. The van der Waals surface area contributed by atoms with Crippen LogP contribution in [0, 0.1) is 11.3 Å². The number of esters is 1. The smallest absolute Gasteiger partial charge is 0.350 e. The summed E-state index contributed by atoms with van der Waals surface area (Å²) < 4.78 is 9.87. The summed E-state index contributed by atoms with van der Waals surface area (Å²) in [6.07, 6.45) is 3.45. The van der Waals surface area contributed by atoms with Crippen LogP contribution in [0.3, 0.4) is 0 Å². The maximum atomic E-state index is 11.4. The zero-order valence-electron chi connectivity index (χ0n) is 10.5. The van der Waals surface area contributed by atoms with Crippen LogP contribution in [-0.4, -0.2) is 32.3 Å². The first-order valence-corrected chi connectivity index (χ1v) is 5.84. The molecule has 0 atom stereocenters. The molecule has 0 aromatic rings. The zero-order valence-corrected chi connectivity index (χ0v) is 10.5. The van der Waals surface area contributed by atoms with Gasteiger partial charge in [0.15, 0.2) is 5.57 Å². The van der Waals surface area contributed by atoms with Gasteiger partial charge in [-0.2, -0.15) is 5.26 Å². The number of nitriles is 1. The lowest BCUT2D eigenvalue weighted by Gasteiger charge is -2.04. The fraction of sp³-hybridized carbons (Fsp3) is 0.667. The Bertz CT molecular complexity index is 282. The van der Waals surface area contributed by atoms with E-state index in [0.717, 1.165) is 19.4 Å². The average Bonchev–Trinajstić information content (AvgIpc) is 2.34. The minimum absolute atomic E-state index is 0.0161. The van der Waals surface area contributed by atoms with E-state index in [1.165, 1.54) is 6.20 Å². The van der Waals surface area contributed by atoms with E-state index in [1.807, 2.05) is 6.92 Å². The molecule has 96 valence electrons. The van der Waals surface area contributed by atoms with E-state index in [1.54, 1.807) is 6.07 Å². The van der Waals surface area contributed by atoms with Crippen molar-refractivity contribution in [1.29, 1.82) is 5.26 Å². The molecule has 0 spiro atoms. The van der Waals surface area contributed by atoms with Gasteiger partial charge in [0.05, 0.1) is 6.61 Å². The monoisotopic (exact) mass is 240 g/mol. The summed E-state index contributed by atoms with van der Waals surface area (Å²) >= 11 is 0. The number of unbranched alkanes of at least 4 members (excludes halogenated alkanes) is 1. The molecule has 1 N–H and O–H groups in total. The standard InChI is InChI=1S/C12H20N2O3/c1-3-5-6-14-10-11(9-13)12(15)17-8-7-16-4-2/h10,14H,3-8H2,1-2H3. The molecule has 0 aromatic heterocycles. The number of rotatable bonds is 9. The second-order valence-corrected chi connectivity index (χ2v) is 3.31. The summed E-state index contributed by atoms with van der Waals surface area (Å²) in [5.41, 5.74) is -0.0161. The van der Waals surface area contributed by atoms with Gasteiger partial charge in [0.1, 0.15) is 12.7 Å². The van der Waals surface area contributed by atoms with Crippen LogP contribution in [0.25, 0.3) is 0 Å². The van der Waals surface area contributed by atoms with Gasteiger partial charge in [-0.05, 0) is 13.3 Å². The summed E-state index contributed by atoms with van der Waals surface area (Å²) in [4.78, 5) is 11.4. The summed E-state index contributed by atoms with van der Waals surface area (Å²) in [7, 11) is 0. The van der Waals surface area contributed by atoms with Crippen molar-refractivity contribution in [2.24, 2.45) is 0 Å². The van der Waals surface area contributed by atoms with Crippen molar-refractivity contribution in [2.75, 3.05) is 26.4 Å². The highest BCUT2D eigenvalue weighted by molar-refractivity contribution is 5.92. The molecule has 0 radical (unpaired) electrons. The van der Waals surface area contributed by atoms with E-state index in [9.17, 15) is 4.79 Å². The number of nitrogens with zero attached hydrogens (tertiary/aromatic N) is 1. The molecule has 0 bridgehead atoms. The van der Waals surface area contributed by atoms with Gasteiger partial charge in [0, 0.05) is 19.4 Å². The summed E-state index contributed by atoms with van der Waals surface area (Å²) in [5, 5.41) is 11.7. The first-order valence-electron chi connectivity index (χ1n) is 5.84. The normalized spacial score (nSPS) is 10.8. The Hall–Kier alpha value is -1.54. The van der Waals surface area contributed by atoms with Gasteiger partial charge in [0.25, 0.3) is 0 Å². The highest BCUT2D eigenvalue weighted by Crippen LogP contribution is 1.95. The predicted octanol–water partition coefficient (Wildman–Crippen LogP) is 1.36. The molecule has 0 saturated carbocycles. The maximum Gasteiger partial charge on any atom is 0.350 e. The minimum atomic E-state index is -0.615. The molecule has 0 rings (SSSR count). The average molecular weight is 240 g/mol. The Morgan fingerprint density at radius 2 is 2.18 bits per heavy atom. The number of nitrogens with one attached hydrogen (secondary N) is 1. The van der Waals surface area contributed by atoms with Crippen LogP contribution >= 0.6 is 0 Å². The largest absolute Gasteiger partial charge is 0.459 e. The predicted molar refractivity (Wildman–Crippen MR) is 64.1 cm³/mol. The molecular formula is C12H20N2O3. The second-order valence-electron chi connectivity index (χ2n) is 3.31. The van der Waals surface area contributed by atoms with E-state index in [2.05, 4.69) is 12.2 Å². The Labute approximate surface area is 102 Å². The van der Waals surface area contributed by atoms with Crippen LogP contribution in [0.5, 0.6) is 0 Å². The maximum absolute atomic E-state index is 11.4. The molecule has 0 aliphatic heterocycles. The lowest BCUT2D eigenvalue weighted by molar-refractivity contribution is -0.140. The Balaban J connectivity index is 3.91. The highest BCUT2D eigenvalue weighted by Gasteiger charge is 2.09. The molecule has 0 unspecified atom stereocenters. The summed E-state index contributed by atoms with van der Waals surface area (Å²) in [6, 6.07) is 1.80. The molecule has 17 heavy (non-hydrogen) atoms. The van der Waals surface area contributed by atoms with E-state index in [0.29, 0.717) is 13.2 Å². The molecule has 0 heterocycles. The summed E-state index contributed by atoms with van der Waals surface area (Å²) in [5.74, 6) is -0.615. The van der Waals surface area contributed by atoms with Crippen LogP contribution < -0.4 is 5.32 Å². The van der Waals surface area contributed by atoms with E-state index in [-0.39, 0.29) is 12.2 Å². The third-order valence-corrected chi connectivity index (χ3v) is 1.93. The van der Waals surface area contributed by atoms with Crippen LogP contribution in [-0.2, 0) is 14.3 Å². The molecule has 0 saturated heterocycles. The molecule has 0 aromatic carbocycles. The quantitative estimate of drug-likeness (QED) is 0.285. The van der Waals surface area contributed by atoms with E-state index >= 15 is 0 Å². The van der Waals surface area contributed by atoms with Crippen molar-refractivity contribution >= 4 is 5.97 Å². The third-order valence-electron chi connectivity index (χ3n) is 1.93. The van der Waals surface area contributed by atoms with Crippen molar-refractivity contribution in [3.05, 3.63) is 11.8 Å². The van der Waals surface area contributed by atoms with Gasteiger partial charge >= 0.3 is 5.97 Å². The number of hydrogen-bond acceptors (Lipinski definition) is 5. The minimum Gasteiger partial charge on any atom is -0.459 e.